The number of aryl methyl sites for hydroxylation is 1. The average Bonchev–Trinajstić information content (AvgIpc) is 2.43. The molecule has 0 heterocycles. The Morgan fingerprint density at radius 2 is 1.80 bits per heavy atom. The van der Waals surface area contributed by atoms with Crippen LogP contribution in [0.1, 0.15) is 21.5 Å². The van der Waals surface area contributed by atoms with Gasteiger partial charge in [-0.25, -0.2) is 0 Å². The zero-order valence-electron chi connectivity index (χ0n) is 11.2. The van der Waals surface area contributed by atoms with Crippen molar-refractivity contribution in [3.05, 3.63) is 63.1 Å². The molecule has 4 heteroatoms. The second kappa shape index (κ2) is 6.29. The Kier molecular flexibility index (Phi) is 4.69. The molecular formula is C16H14Cl2O2. The molecule has 0 unspecified atom stereocenters. The highest BCUT2D eigenvalue weighted by Gasteiger charge is 2.13. The van der Waals surface area contributed by atoms with Crippen LogP contribution in [0, 0.1) is 6.92 Å². The third kappa shape index (κ3) is 3.14. The molecular weight excluding hydrogens is 295 g/mol. The van der Waals surface area contributed by atoms with Gasteiger partial charge in [0.2, 0.25) is 0 Å². The van der Waals surface area contributed by atoms with Gasteiger partial charge in [0.15, 0.2) is 5.78 Å². The van der Waals surface area contributed by atoms with Crippen LogP contribution in [0.4, 0.5) is 0 Å². The fourth-order valence-corrected chi connectivity index (χ4v) is 2.49. The summed E-state index contributed by atoms with van der Waals surface area (Å²) in [7, 11) is 1.58. The quantitative estimate of drug-likeness (QED) is 0.763. The molecule has 0 saturated carbocycles. The van der Waals surface area contributed by atoms with Crippen LogP contribution in [-0.2, 0) is 6.42 Å². The minimum atomic E-state index is -0.0432. The molecule has 0 fully saturated rings. The molecule has 0 bridgehead atoms. The van der Waals surface area contributed by atoms with Crippen molar-refractivity contribution in [1.29, 1.82) is 0 Å². The Morgan fingerprint density at radius 3 is 2.40 bits per heavy atom. The summed E-state index contributed by atoms with van der Waals surface area (Å²) in [5.74, 6) is 0.652. The monoisotopic (exact) mass is 308 g/mol. The highest BCUT2D eigenvalue weighted by atomic mass is 35.5. The van der Waals surface area contributed by atoms with Gasteiger partial charge in [-0.2, -0.15) is 0 Å². The average molecular weight is 309 g/mol. The molecule has 0 aliphatic heterocycles. The molecule has 104 valence electrons. The van der Waals surface area contributed by atoms with Crippen LogP contribution in [0.5, 0.6) is 5.75 Å². The first-order valence-electron chi connectivity index (χ1n) is 6.13. The minimum Gasteiger partial charge on any atom is -0.496 e. The standard InChI is InChI=1S/C16H14Cl2O2/c1-10-6-7-11(8-16(10)20-2)15(19)9-12-13(17)4-3-5-14(12)18/h3-8H,9H2,1-2H3. The Bertz CT molecular complexity index is 631. The number of methoxy groups -OCH3 is 1. The van der Waals surface area contributed by atoms with Gasteiger partial charge in [0.1, 0.15) is 5.75 Å². The summed E-state index contributed by atoms with van der Waals surface area (Å²) in [5.41, 5.74) is 2.23. The number of carbonyl (C=O) groups is 1. The van der Waals surface area contributed by atoms with Crippen molar-refractivity contribution in [3.63, 3.8) is 0 Å². The zero-order valence-corrected chi connectivity index (χ0v) is 12.8. The van der Waals surface area contributed by atoms with Crippen molar-refractivity contribution in [2.24, 2.45) is 0 Å². The molecule has 2 nitrogen and oxygen atoms in total. The predicted molar refractivity (Wildman–Crippen MR) is 82.2 cm³/mol. The SMILES string of the molecule is COc1cc(C(=O)Cc2c(Cl)cccc2Cl)ccc1C. The molecule has 0 atom stereocenters. The number of halogens is 2. The first kappa shape index (κ1) is 14.9. The lowest BCUT2D eigenvalue weighted by Gasteiger charge is -2.09. The summed E-state index contributed by atoms with van der Waals surface area (Å²) in [6.45, 7) is 1.93. The second-order valence-corrected chi connectivity index (χ2v) is 5.30. The molecule has 0 aliphatic rings. The van der Waals surface area contributed by atoms with Gasteiger partial charge in [0.25, 0.3) is 0 Å². The number of rotatable bonds is 4. The van der Waals surface area contributed by atoms with Gasteiger partial charge in [-0.05, 0) is 36.2 Å². The van der Waals surface area contributed by atoms with E-state index in [1.54, 1.807) is 37.4 Å². The van der Waals surface area contributed by atoms with Gasteiger partial charge in [0, 0.05) is 22.0 Å². The summed E-state index contributed by atoms with van der Waals surface area (Å²) in [4.78, 5) is 12.3. The van der Waals surface area contributed by atoms with Crippen molar-refractivity contribution in [2.45, 2.75) is 13.3 Å². The van der Waals surface area contributed by atoms with Gasteiger partial charge >= 0.3 is 0 Å². The molecule has 2 rings (SSSR count). The number of ether oxygens (including phenoxy) is 1. The van der Waals surface area contributed by atoms with E-state index in [0.29, 0.717) is 26.9 Å². The Balaban J connectivity index is 2.29. The molecule has 0 spiro atoms. The van der Waals surface area contributed by atoms with Gasteiger partial charge < -0.3 is 4.74 Å². The number of ketones is 1. The van der Waals surface area contributed by atoms with Crippen molar-refractivity contribution in [3.8, 4) is 5.75 Å². The van der Waals surface area contributed by atoms with Gasteiger partial charge in [0.05, 0.1) is 7.11 Å². The Morgan fingerprint density at radius 1 is 1.15 bits per heavy atom. The highest BCUT2D eigenvalue weighted by molar-refractivity contribution is 6.36. The molecule has 0 N–H and O–H groups in total. The smallest absolute Gasteiger partial charge is 0.167 e. The first-order valence-corrected chi connectivity index (χ1v) is 6.89. The van der Waals surface area contributed by atoms with Crippen LogP contribution in [0.15, 0.2) is 36.4 Å². The van der Waals surface area contributed by atoms with E-state index in [1.807, 2.05) is 13.0 Å². The van der Waals surface area contributed by atoms with E-state index >= 15 is 0 Å². The maximum atomic E-state index is 12.3. The highest BCUT2D eigenvalue weighted by Crippen LogP contribution is 2.26. The van der Waals surface area contributed by atoms with E-state index in [9.17, 15) is 4.79 Å². The van der Waals surface area contributed by atoms with Gasteiger partial charge in [-0.1, -0.05) is 41.4 Å². The van der Waals surface area contributed by atoms with Crippen molar-refractivity contribution < 1.29 is 9.53 Å². The van der Waals surface area contributed by atoms with Crippen LogP contribution in [0.3, 0.4) is 0 Å². The summed E-state index contributed by atoms with van der Waals surface area (Å²) >= 11 is 12.2. The van der Waals surface area contributed by atoms with Gasteiger partial charge in [-0.3, -0.25) is 4.79 Å². The van der Waals surface area contributed by atoms with E-state index in [0.717, 1.165) is 5.56 Å². The van der Waals surface area contributed by atoms with E-state index in [4.69, 9.17) is 27.9 Å². The first-order chi connectivity index (χ1) is 9.52. The zero-order chi connectivity index (χ0) is 14.7. The third-order valence-electron chi connectivity index (χ3n) is 3.13. The Labute approximate surface area is 128 Å². The van der Waals surface area contributed by atoms with Crippen LogP contribution >= 0.6 is 23.2 Å². The van der Waals surface area contributed by atoms with E-state index in [1.165, 1.54) is 0 Å². The largest absolute Gasteiger partial charge is 0.496 e. The van der Waals surface area contributed by atoms with Crippen molar-refractivity contribution >= 4 is 29.0 Å². The fraction of sp³-hybridized carbons (Fsp3) is 0.188. The molecule has 20 heavy (non-hydrogen) atoms. The van der Waals surface area contributed by atoms with Crippen LogP contribution in [0.25, 0.3) is 0 Å². The molecule has 0 aliphatic carbocycles. The number of hydrogen-bond donors (Lipinski definition) is 0. The number of carbonyl (C=O) groups excluding carboxylic acids is 1. The second-order valence-electron chi connectivity index (χ2n) is 4.48. The topological polar surface area (TPSA) is 26.3 Å². The summed E-state index contributed by atoms with van der Waals surface area (Å²) < 4.78 is 5.23. The van der Waals surface area contributed by atoms with Crippen LogP contribution in [0.2, 0.25) is 10.0 Å². The van der Waals surface area contributed by atoms with E-state index < -0.39 is 0 Å². The van der Waals surface area contributed by atoms with Crippen LogP contribution in [-0.4, -0.2) is 12.9 Å². The summed E-state index contributed by atoms with van der Waals surface area (Å²) in [6, 6.07) is 10.6. The number of hydrogen-bond acceptors (Lipinski definition) is 2. The lowest BCUT2D eigenvalue weighted by molar-refractivity contribution is 0.0992. The van der Waals surface area contributed by atoms with Crippen LogP contribution < -0.4 is 4.74 Å². The van der Waals surface area contributed by atoms with Crippen molar-refractivity contribution in [2.75, 3.05) is 7.11 Å². The molecule has 0 radical (unpaired) electrons. The molecule has 2 aromatic rings. The van der Waals surface area contributed by atoms with Gasteiger partial charge in [-0.15, -0.1) is 0 Å². The fourth-order valence-electron chi connectivity index (χ4n) is 1.96. The van der Waals surface area contributed by atoms with Crippen molar-refractivity contribution in [1.82, 2.24) is 0 Å². The molecule has 0 amide bonds. The number of benzene rings is 2. The summed E-state index contributed by atoms with van der Waals surface area (Å²) in [5, 5.41) is 1.01. The maximum Gasteiger partial charge on any atom is 0.167 e. The minimum absolute atomic E-state index is 0.0432. The Hall–Kier alpha value is -1.51. The third-order valence-corrected chi connectivity index (χ3v) is 3.84. The number of Topliss-reactive ketones (excluding diaryl/α,β-unsaturated/α-hetero) is 1. The molecule has 0 saturated heterocycles. The van der Waals surface area contributed by atoms with E-state index in [-0.39, 0.29) is 12.2 Å². The molecule has 2 aromatic carbocycles. The maximum absolute atomic E-state index is 12.3. The van der Waals surface area contributed by atoms with E-state index in [2.05, 4.69) is 0 Å². The lowest BCUT2D eigenvalue weighted by Crippen LogP contribution is -2.05. The lowest BCUT2D eigenvalue weighted by atomic mass is 10.0. The molecule has 0 aromatic heterocycles. The summed E-state index contributed by atoms with van der Waals surface area (Å²) in [6.07, 6.45) is 0.171. The normalized spacial score (nSPS) is 10.4. The predicted octanol–water partition coefficient (Wildman–Crippen LogP) is 4.74.